The van der Waals surface area contributed by atoms with Gasteiger partial charge in [0.25, 0.3) is 5.56 Å². The van der Waals surface area contributed by atoms with Crippen molar-refractivity contribution in [3.8, 4) is 6.07 Å². The second-order valence-corrected chi connectivity index (χ2v) is 7.65. The maximum absolute atomic E-state index is 12.8. The molecule has 0 aliphatic heterocycles. The monoisotopic (exact) mass is 369 g/mol. The zero-order chi connectivity index (χ0) is 17.6. The summed E-state index contributed by atoms with van der Waals surface area (Å²) in [5, 5.41) is 11.7. The summed E-state index contributed by atoms with van der Waals surface area (Å²) in [6.07, 6.45) is 3.20. The lowest BCUT2D eigenvalue weighted by atomic mass is 10.2. The van der Waals surface area contributed by atoms with E-state index in [1.807, 2.05) is 34.2 Å². The highest BCUT2D eigenvalue weighted by molar-refractivity contribution is 7.98. The number of fused-ring (bicyclic) bond motifs is 1. The van der Waals surface area contributed by atoms with Crippen molar-refractivity contribution in [2.24, 2.45) is 0 Å². The predicted molar refractivity (Wildman–Crippen MR) is 104 cm³/mol. The van der Waals surface area contributed by atoms with Crippen LogP contribution in [0.5, 0.6) is 0 Å². The van der Waals surface area contributed by atoms with Crippen LogP contribution in [0.15, 0.2) is 45.7 Å². The van der Waals surface area contributed by atoms with Crippen LogP contribution in [0, 0.1) is 11.3 Å². The molecule has 0 saturated heterocycles. The molecule has 0 unspecified atom stereocenters. The van der Waals surface area contributed by atoms with Gasteiger partial charge in [-0.25, -0.2) is 4.98 Å². The zero-order valence-electron chi connectivity index (χ0n) is 14.1. The Labute approximate surface area is 155 Å². The van der Waals surface area contributed by atoms with Crippen molar-refractivity contribution in [3.63, 3.8) is 0 Å². The molecule has 2 heterocycles. The number of nitrogens with zero attached hydrogens (tertiary/aromatic N) is 3. The fourth-order valence-corrected chi connectivity index (χ4v) is 4.38. The fraction of sp³-hybridized carbons (Fsp3) is 0.316. The van der Waals surface area contributed by atoms with E-state index < -0.39 is 0 Å². The van der Waals surface area contributed by atoms with E-state index >= 15 is 0 Å². The Morgan fingerprint density at radius 3 is 3.00 bits per heavy atom. The van der Waals surface area contributed by atoms with E-state index in [1.54, 1.807) is 17.8 Å². The van der Waals surface area contributed by atoms with Gasteiger partial charge in [-0.1, -0.05) is 43.7 Å². The number of benzene rings is 1. The number of thioether (sulfide) groups is 1. The van der Waals surface area contributed by atoms with Crippen LogP contribution in [0.25, 0.3) is 10.2 Å². The van der Waals surface area contributed by atoms with Crippen molar-refractivity contribution in [1.82, 2.24) is 9.55 Å². The standard InChI is InChI=1S/C19H19N3OS2/c1-2-3-4-9-22-18(23)17-16(8-10-24-17)21-19(22)25-13-15-7-5-6-14(11-15)12-20/h5-8,10-11H,2-4,9,13H2,1H3. The Bertz CT molecular complexity index is 969. The smallest absolute Gasteiger partial charge is 0.272 e. The molecule has 0 aliphatic carbocycles. The topological polar surface area (TPSA) is 58.7 Å². The number of hydrogen-bond donors (Lipinski definition) is 0. The highest BCUT2D eigenvalue weighted by atomic mass is 32.2. The largest absolute Gasteiger partial charge is 0.286 e. The lowest BCUT2D eigenvalue weighted by Crippen LogP contribution is -2.22. The van der Waals surface area contributed by atoms with Crippen LogP contribution in [0.4, 0.5) is 0 Å². The number of aromatic nitrogens is 2. The summed E-state index contributed by atoms with van der Waals surface area (Å²) in [5.74, 6) is 0.686. The van der Waals surface area contributed by atoms with E-state index in [2.05, 4.69) is 13.0 Å². The van der Waals surface area contributed by atoms with Crippen molar-refractivity contribution >= 4 is 33.3 Å². The molecule has 0 aliphatic rings. The molecule has 3 rings (SSSR count). The van der Waals surface area contributed by atoms with E-state index in [0.29, 0.717) is 17.9 Å². The molecule has 0 bridgehead atoms. The molecule has 6 heteroatoms. The van der Waals surface area contributed by atoms with Crippen LogP contribution in [-0.4, -0.2) is 9.55 Å². The summed E-state index contributed by atoms with van der Waals surface area (Å²) in [5.41, 5.74) is 2.54. The summed E-state index contributed by atoms with van der Waals surface area (Å²) >= 11 is 3.01. The van der Waals surface area contributed by atoms with Gasteiger partial charge in [0, 0.05) is 12.3 Å². The highest BCUT2D eigenvalue weighted by Crippen LogP contribution is 2.24. The molecule has 25 heavy (non-hydrogen) atoms. The minimum absolute atomic E-state index is 0.0596. The zero-order valence-corrected chi connectivity index (χ0v) is 15.7. The first-order valence-corrected chi connectivity index (χ1v) is 10.2. The average Bonchev–Trinajstić information content (AvgIpc) is 3.11. The normalized spacial score (nSPS) is 10.9. The number of nitriles is 1. The molecule has 128 valence electrons. The maximum atomic E-state index is 12.8. The average molecular weight is 370 g/mol. The summed E-state index contributed by atoms with van der Waals surface area (Å²) in [6, 6.07) is 11.6. The molecular weight excluding hydrogens is 350 g/mol. The third kappa shape index (κ3) is 4.12. The van der Waals surface area contributed by atoms with Gasteiger partial charge in [-0.05, 0) is 35.6 Å². The fourth-order valence-electron chi connectivity index (χ4n) is 2.63. The second kappa shape index (κ2) is 8.32. The van der Waals surface area contributed by atoms with Crippen LogP contribution in [0.2, 0.25) is 0 Å². The number of hydrogen-bond acceptors (Lipinski definition) is 5. The van der Waals surface area contributed by atoms with E-state index in [4.69, 9.17) is 10.2 Å². The Kier molecular flexibility index (Phi) is 5.90. The number of rotatable bonds is 7. The van der Waals surface area contributed by atoms with E-state index in [-0.39, 0.29) is 5.56 Å². The minimum Gasteiger partial charge on any atom is -0.286 e. The van der Waals surface area contributed by atoms with Crippen LogP contribution in [0.3, 0.4) is 0 Å². The molecule has 1 aromatic carbocycles. The van der Waals surface area contributed by atoms with Crippen LogP contribution in [0.1, 0.15) is 37.3 Å². The van der Waals surface area contributed by atoms with Crippen molar-refractivity contribution in [2.75, 3.05) is 0 Å². The molecule has 4 nitrogen and oxygen atoms in total. The lowest BCUT2D eigenvalue weighted by Gasteiger charge is -2.12. The molecule has 0 saturated carbocycles. The molecule has 0 radical (unpaired) electrons. The Morgan fingerprint density at radius 2 is 2.20 bits per heavy atom. The Morgan fingerprint density at radius 1 is 1.32 bits per heavy atom. The molecule has 0 spiro atoms. The van der Waals surface area contributed by atoms with E-state index in [0.717, 1.165) is 40.2 Å². The van der Waals surface area contributed by atoms with Gasteiger partial charge < -0.3 is 0 Å². The summed E-state index contributed by atoms with van der Waals surface area (Å²) in [7, 11) is 0. The predicted octanol–water partition coefficient (Wildman–Crippen LogP) is 4.81. The molecule has 0 fully saturated rings. The molecule has 0 N–H and O–H groups in total. The molecule has 0 amide bonds. The van der Waals surface area contributed by atoms with Crippen LogP contribution in [-0.2, 0) is 12.3 Å². The molecular formula is C19H19N3OS2. The van der Waals surface area contributed by atoms with Gasteiger partial charge in [-0.3, -0.25) is 9.36 Å². The Balaban J connectivity index is 1.89. The summed E-state index contributed by atoms with van der Waals surface area (Å²) in [4.78, 5) is 17.5. The number of thiophene rings is 1. The third-order valence-electron chi connectivity index (χ3n) is 3.94. The second-order valence-electron chi connectivity index (χ2n) is 5.79. The van der Waals surface area contributed by atoms with E-state index in [9.17, 15) is 4.79 Å². The first kappa shape index (κ1) is 17.7. The van der Waals surface area contributed by atoms with Gasteiger partial charge in [0.2, 0.25) is 0 Å². The van der Waals surface area contributed by atoms with Gasteiger partial charge in [0.05, 0.1) is 17.1 Å². The SMILES string of the molecule is CCCCCn1c(SCc2cccc(C#N)c2)nc2ccsc2c1=O. The molecule has 0 atom stereocenters. The number of unbranched alkanes of at least 4 members (excludes halogenated alkanes) is 2. The summed E-state index contributed by atoms with van der Waals surface area (Å²) < 4.78 is 2.54. The van der Waals surface area contributed by atoms with Crippen molar-refractivity contribution in [1.29, 1.82) is 5.26 Å². The molecule has 3 aromatic rings. The van der Waals surface area contributed by atoms with Crippen molar-refractivity contribution < 1.29 is 0 Å². The van der Waals surface area contributed by atoms with Crippen molar-refractivity contribution in [3.05, 3.63) is 57.2 Å². The summed E-state index contributed by atoms with van der Waals surface area (Å²) in [6.45, 7) is 2.86. The first-order chi connectivity index (χ1) is 12.2. The molecule has 2 aromatic heterocycles. The highest BCUT2D eigenvalue weighted by Gasteiger charge is 2.12. The minimum atomic E-state index is 0.0596. The van der Waals surface area contributed by atoms with Gasteiger partial charge in [0.15, 0.2) is 5.16 Å². The third-order valence-corrected chi connectivity index (χ3v) is 5.88. The van der Waals surface area contributed by atoms with Crippen LogP contribution < -0.4 is 5.56 Å². The lowest BCUT2D eigenvalue weighted by molar-refractivity contribution is 0.542. The van der Waals surface area contributed by atoms with Gasteiger partial charge in [-0.2, -0.15) is 5.26 Å². The van der Waals surface area contributed by atoms with E-state index in [1.165, 1.54) is 11.3 Å². The first-order valence-electron chi connectivity index (χ1n) is 8.33. The van der Waals surface area contributed by atoms with Crippen molar-refractivity contribution in [2.45, 2.75) is 43.6 Å². The Hall–Kier alpha value is -2.10. The van der Waals surface area contributed by atoms with Gasteiger partial charge >= 0.3 is 0 Å². The maximum Gasteiger partial charge on any atom is 0.272 e. The quantitative estimate of drug-likeness (QED) is 0.341. The van der Waals surface area contributed by atoms with Crippen LogP contribution >= 0.6 is 23.1 Å². The van der Waals surface area contributed by atoms with Gasteiger partial charge in [-0.15, -0.1) is 11.3 Å². The van der Waals surface area contributed by atoms with Gasteiger partial charge in [0.1, 0.15) is 4.70 Å².